The minimum absolute atomic E-state index is 0.113. The number of rotatable bonds is 9. The molecule has 0 aromatic heterocycles. The van der Waals surface area contributed by atoms with Crippen LogP contribution < -0.4 is 10.6 Å². The number of nitrogens with zero attached hydrogens (tertiary/aromatic N) is 1. The molecule has 4 aromatic rings. The van der Waals surface area contributed by atoms with Crippen molar-refractivity contribution in [3.63, 3.8) is 0 Å². The van der Waals surface area contributed by atoms with Gasteiger partial charge < -0.3 is 10.6 Å². The predicted molar refractivity (Wildman–Crippen MR) is 149 cm³/mol. The van der Waals surface area contributed by atoms with Gasteiger partial charge in [0, 0.05) is 29.2 Å². The number of benzene rings is 4. The number of fused-ring (bicyclic) bond motifs is 1. The summed E-state index contributed by atoms with van der Waals surface area (Å²) in [5, 5.41) is 17.6. The van der Waals surface area contributed by atoms with Crippen LogP contribution in [-0.2, 0) is 17.8 Å². The van der Waals surface area contributed by atoms with Crippen LogP contribution in [0.5, 0.6) is 0 Å². The minimum atomic E-state index is -0.371. The fourth-order valence-corrected chi connectivity index (χ4v) is 4.54. The molecule has 2 amide bonds. The Kier molecular flexibility index (Phi) is 8.56. The number of hydrogen-bond donors (Lipinski definition) is 2. The zero-order chi connectivity index (χ0) is 26.2. The number of halogens is 1. The van der Waals surface area contributed by atoms with Crippen LogP contribution >= 0.6 is 11.6 Å². The first-order valence-electron chi connectivity index (χ1n) is 12.3. The van der Waals surface area contributed by atoms with Crippen molar-refractivity contribution in [3.8, 4) is 6.07 Å². The van der Waals surface area contributed by atoms with E-state index >= 15 is 0 Å². The first-order valence-corrected chi connectivity index (χ1v) is 12.6. The molecule has 0 radical (unpaired) electrons. The average Bonchev–Trinajstić information content (AvgIpc) is 2.92. The van der Waals surface area contributed by atoms with Gasteiger partial charge in [-0.05, 0) is 71.5 Å². The first-order chi connectivity index (χ1) is 18.0. The van der Waals surface area contributed by atoms with Crippen molar-refractivity contribution in [2.24, 2.45) is 0 Å². The van der Waals surface area contributed by atoms with Gasteiger partial charge in [0.25, 0.3) is 5.91 Å². The van der Waals surface area contributed by atoms with Crippen molar-refractivity contribution >= 4 is 39.9 Å². The number of hydrogen-bond acceptors (Lipinski definition) is 3. The van der Waals surface area contributed by atoms with Gasteiger partial charge in [-0.25, -0.2) is 0 Å². The molecule has 186 valence electrons. The highest BCUT2D eigenvalue weighted by atomic mass is 35.5. The summed E-state index contributed by atoms with van der Waals surface area (Å²) in [6.45, 7) is 2.20. The van der Waals surface area contributed by atoms with Crippen molar-refractivity contribution < 1.29 is 9.59 Å². The molecule has 5 nitrogen and oxygen atoms in total. The molecule has 0 spiro atoms. The van der Waals surface area contributed by atoms with Gasteiger partial charge in [0.15, 0.2) is 0 Å². The third kappa shape index (κ3) is 6.55. The number of nitriles is 1. The summed E-state index contributed by atoms with van der Waals surface area (Å²) in [6, 6.07) is 28.8. The molecule has 0 aliphatic heterocycles. The molecular formula is C31H28ClN3O2. The molecule has 4 rings (SSSR count). The van der Waals surface area contributed by atoms with Crippen molar-refractivity contribution in [2.45, 2.75) is 38.6 Å². The molecule has 6 heteroatoms. The van der Waals surface area contributed by atoms with E-state index < -0.39 is 0 Å². The SMILES string of the molecule is CC(C(=O)Nc1cc(CNC(=O)c2cccc(Cl)c2)ccc1CCCC#N)c1cccc2ccccc12. The van der Waals surface area contributed by atoms with Gasteiger partial charge in [0.1, 0.15) is 0 Å². The van der Waals surface area contributed by atoms with Crippen LogP contribution in [0.15, 0.2) is 84.9 Å². The quantitative estimate of drug-likeness (QED) is 0.238. The van der Waals surface area contributed by atoms with Gasteiger partial charge in [-0.2, -0.15) is 5.26 Å². The molecule has 0 aliphatic rings. The van der Waals surface area contributed by atoms with Gasteiger partial charge in [-0.15, -0.1) is 0 Å². The Balaban J connectivity index is 1.53. The lowest BCUT2D eigenvalue weighted by Crippen LogP contribution is -2.23. The zero-order valence-corrected chi connectivity index (χ0v) is 21.4. The second kappa shape index (κ2) is 12.2. The molecule has 0 aliphatic carbocycles. The maximum absolute atomic E-state index is 13.4. The van der Waals surface area contributed by atoms with Crippen LogP contribution in [0, 0.1) is 11.3 Å². The third-order valence-corrected chi connectivity index (χ3v) is 6.62. The Labute approximate surface area is 222 Å². The summed E-state index contributed by atoms with van der Waals surface area (Å²) >= 11 is 6.01. The van der Waals surface area contributed by atoms with Gasteiger partial charge in [-0.3, -0.25) is 9.59 Å². The molecule has 0 heterocycles. The summed E-state index contributed by atoms with van der Waals surface area (Å²) in [7, 11) is 0. The maximum atomic E-state index is 13.4. The van der Waals surface area contributed by atoms with Gasteiger partial charge in [-0.1, -0.05) is 72.3 Å². The second-order valence-electron chi connectivity index (χ2n) is 8.98. The highest BCUT2D eigenvalue weighted by Crippen LogP contribution is 2.28. The summed E-state index contributed by atoms with van der Waals surface area (Å²) in [6.07, 6.45) is 1.81. The summed E-state index contributed by atoms with van der Waals surface area (Å²) in [5.74, 6) is -0.710. The standard InChI is InChI=1S/C31H28ClN3O2/c1-21(27-14-7-10-23-8-2-3-13-28(23)27)30(36)35-29-18-22(15-16-24(29)9-4-5-17-33)20-34-31(37)25-11-6-12-26(32)19-25/h2-3,6-8,10-16,18-19,21H,4-5,9,20H2,1H3,(H,34,37)(H,35,36). The zero-order valence-electron chi connectivity index (χ0n) is 20.6. The lowest BCUT2D eigenvalue weighted by Gasteiger charge is -2.18. The molecule has 2 N–H and O–H groups in total. The molecule has 0 bridgehead atoms. The first kappa shape index (κ1) is 25.9. The number of carbonyl (C=O) groups is 2. The average molecular weight is 510 g/mol. The summed E-state index contributed by atoms with van der Waals surface area (Å²) in [4.78, 5) is 25.9. The summed E-state index contributed by atoms with van der Waals surface area (Å²) in [5.41, 5.74) is 3.96. The van der Waals surface area contributed by atoms with Crippen LogP contribution in [0.25, 0.3) is 10.8 Å². The van der Waals surface area contributed by atoms with Crippen LogP contribution in [0.3, 0.4) is 0 Å². The third-order valence-electron chi connectivity index (χ3n) is 6.39. The van der Waals surface area contributed by atoms with Gasteiger partial charge in [0.2, 0.25) is 5.91 Å². The van der Waals surface area contributed by atoms with Crippen LogP contribution in [0.1, 0.15) is 52.7 Å². The van der Waals surface area contributed by atoms with E-state index in [1.54, 1.807) is 24.3 Å². The van der Waals surface area contributed by atoms with Gasteiger partial charge >= 0.3 is 0 Å². The number of amides is 2. The lowest BCUT2D eigenvalue weighted by atomic mass is 9.94. The Bertz CT molecular complexity index is 1470. The molecule has 37 heavy (non-hydrogen) atoms. The van der Waals surface area contributed by atoms with E-state index in [0.29, 0.717) is 42.1 Å². The normalized spacial score (nSPS) is 11.5. The van der Waals surface area contributed by atoms with E-state index in [0.717, 1.165) is 27.5 Å². The molecule has 0 saturated heterocycles. The smallest absolute Gasteiger partial charge is 0.251 e. The Hall–Kier alpha value is -4.14. The molecule has 4 aromatic carbocycles. The van der Waals surface area contributed by atoms with E-state index in [2.05, 4.69) is 16.7 Å². The topological polar surface area (TPSA) is 82.0 Å². The molecule has 1 atom stereocenters. The number of carbonyl (C=O) groups excluding carboxylic acids is 2. The van der Waals surface area contributed by atoms with Crippen LogP contribution in [0.4, 0.5) is 5.69 Å². The molecule has 0 fully saturated rings. The number of anilines is 1. The van der Waals surface area contributed by atoms with Crippen LogP contribution in [0.2, 0.25) is 5.02 Å². The van der Waals surface area contributed by atoms with Crippen molar-refractivity contribution in [2.75, 3.05) is 5.32 Å². The highest BCUT2D eigenvalue weighted by molar-refractivity contribution is 6.30. The van der Waals surface area contributed by atoms with Crippen molar-refractivity contribution in [1.82, 2.24) is 5.32 Å². The maximum Gasteiger partial charge on any atom is 0.251 e. The van der Waals surface area contributed by atoms with E-state index in [9.17, 15) is 9.59 Å². The molecule has 0 saturated carbocycles. The number of unbranched alkanes of at least 4 members (excludes halogenated alkanes) is 1. The molecule has 1 unspecified atom stereocenters. The fraction of sp³-hybridized carbons (Fsp3) is 0.194. The Morgan fingerprint density at radius 1 is 0.973 bits per heavy atom. The second-order valence-corrected chi connectivity index (χ2v) is 9.41. The fourth-order valence-electron chi connectivity index (χ4n) is 4.35. The summed E-state index contributed by atoms with van der Waals surface area (Å²) < 4.78 is 0. The monoisotopic (exact) mass is 509 g/mol. The number of aryl methyl sites for hydroxylation is 1. The lowest BCUT2D eigenvalue weighted by molar-refractivity contribution is -0.117. The highest BCUT2D eigenvalue weighted by Gasteiger charge is 2.19. The minimum Gasteiger partial charge on any atom is -0.348 e. The van der Waals surface area contributed by atoms with E-state index in [1.807, 2.05) is 67.6 Å². The van der Waals surface area contributed by atoms with Gasteiger partial charge in [0.05, 0.1) is 12.0 Å². The van der Waals surface area contributed by atoms with E-state index in [-0.39, 0.29) is 17.7 Å². The Morgan fingerprint density at radius 3 is 2.57 bits per heavy atom. The van der Waals surface area contributed by atoms with Crippen molar-refractivity contribution in [3.05, 3.63) is 112 Å². The molecular weight excluding hydrogens is 482 g/mol. The number of nitrogens with one attached hydrogen (secondary N) is 2. The largest absolute Gasteiger partial charge is 0.348 e. The predicted octanol–water partition coefficient (Wildman–Crippen LogP) is 7.01. The Morgan fingerprint density at radius 2 is 1.76 bits per heavy atom. The van der Waals surface area contributed by atoms with E-state index in [4.69, 9.17) is 16.9 Å². The van der Waals surface area contributed by atoms with Crippen molar-refractivity contribution in [1.29, 1.82) is 5.26 Å². The van der Waals surface area contributed by atoms with Crippen LogP contribution in [-0.4, -0.2) is 11.8 Å². The van der Waals surface area contributed by atoms with E-state index in [1.165, 1.54) is 0 Å².